The van der Waals surface area contributed by atoms with Gasteiger partial charge < -0.3 is 10.1 Å². The van der Waals surface area contributed by atoms with Gasteiger partial charge >= 0.3 is 6.18 Å². The molecule has 0 aromatic heterocycles. The quantitative estimate of drug-likeness (QED) is 0.912. The van der Waals surface area contributed by atoms with Crippen LogP contribution in [0.5, 0.6) is 0 Å². The molecule has 0 amide bonds. The minimum absolute atomic E-state index is 0.0317. The number of alkyl halides is 3. The molecule has 20 heavy (non-hydrogen) atoms. The monoisotopic (exact) mass is 287 g/mol. The second-order valence-corrected chi connectivity index (χ2v) is 5.24. The first-order chi connectivity index (χ1) is 9.43. The number of aryl methyl sites for hydroxylation is 1. The van der Waals surface area contributed by atoms with Crippen molar-refractivity contribution in [2.24, 2.45) is 0 Å². The predicted octanol–water partition coefficient (Wildman–Crippen LogP) is 3.84. The Morgan fingerprint density at radius 3 is 2.55 bits per heavy atom. The number of benzene rings is 1. The van der Waals surface area contributed by atoms with Crippen LogP contribution in [0.3, 0.4) is 0 Å². The Bertz CT molecular complexity index is 453. The zero-order valence-corrected chi connectivity index (χ0v) is 11.8. The minimum atomic E-state index is -4.29. The Morgan fingerprint density at radius 2 is 2.05 bits per heavy atom. The van der Waals surface area contributed by atoms with Gasteiger partial charge in [0.15, 0.2) is 0 Å². The highest BCUT2D eigenvalue weighted by molar-refractivity contribution is 5.35. The van der Waals surface area contributed by atoms with Gasteiger partial charge in [-0.25, -0.2) is 0 Å². The molecular formula is C15H20F3NO. The van der Waals surface area contributed by atoms with Gasteiger partial charge in [0.2, 0.25) is 0 Å². The van der Waals surface area contributed by atoms with E-state index in [1.165, 1.54) is 6.07 Å². The highest BCUT2D eigenvalue weighted by Gasteiger charge is 2.32. The van der Waals surface area contributed by atoms with Crippen molar-refractivity contribution < 1.29 is 17.9 Å². The van der Waals surface area contributed by atoms with Crippen LogP contribution in [0.2, 0.25) is 0 Å². The maximum atomic E-state index is 12.7. The summed E-state index contributed by atoms with van der Waals surface area (Å²) in [4.78, 5) is 0. The maximum Gasteiger partial charge on any atom is 0.416 e. The van der Waals surface area contributed by atoms with Crippen LogP contribution in [-0.4, -0.2) is 19.8 Å². The summed E-state index contributed by atoms with van der Waals surface area (Å²) in [6.07, 6.45) is -1.17. The van der Waals surface area contributed by atoms with E-state index in [0.29, 0.717) is 5.56 Å². The summed E-state index contributed by atoms with van der Waals surface area (Å²) in [6.45, 7) is 2.44. The molecule has 1 saturated heterocycles. The largest absolute Gasteiger partial charge is 0.416 e. The van der Waals surface area contributed by atoms with E-state index in [4.69, 9.17) is 4.74 Å². The van der Waals surface area contributed by atoms with Crippen LogP contribution in [0.1, 0.15) is 42.0 Å². The zero-order chi connectivity index (χ0) is 14.8. The standard InChI is InChI=1S/C15H20F3NO/c1-10-9-11(15(16,17)18)6-7-12(10)14(19-2)13-5-3-4-8-20-13/h6-7,9,13-14,19H,3-5,8H2,1-2H3. The predicted molar refractivity (Wildman–Crippen MR) is 71.6 cm³/mol. The van der Waals surface area contributed by atoms with Gasteiger partial charge in [-0.3, -0.25) is 0 Å². The molecule has 1 aliphatic rings. The van der Waals surface area contributed by atoms with Gasteiger partial charge in [-0.1, -0.05) is 6.07 Å². The number of ether oxygens (including phenoxy) is 1. The fourth-order valence-corrected chi connectivity index (χ4v) is 2.77. The van der Waals surface area contributed by atoms with Gasteiger partial charge in [0.25, 0.3) is 0 Å². The Labute approximate surface area is 117 Å². The summed E-state index contributed by atoms with van der Waals surface area (Å²) in [5, 5.41) is 3.18. The Balaban J connectivity index is 2.26. The molecule has 2 nitrogen and oxygen atoms in total. The van der Waals surface area contributed by atoms with Crippen LogP contribution in [-0.2, 0) is 10.9 Å². The van der Waals surface area contributed by atoms with Crippen molar-refractivity contribution in [2.75, 3.05) is 13.7 Å². The number of hydrogen-bond acceptors (Lipinski definition) is 2. The van der Waals surface area contributed by atoms with Crippen molar-refractivity contribution in [3.05, 3.63) is 34.9 Å². The molecule has 1 N–H and O–H groups in total. The smallest absolute Gasteiger partial charge is 0.376 e. The van der Waals surface area contributed by atoms with Crippen LogP contribution in [0.15, 0.2) is 18.2 Å². The van der Waals surface area contributed by atoms with Crippen molar-refractivity contribution in [3.8, 4) is 0 Å². The average molecular weight is 287 g/mol. The Kier molecular flexibility index (Phi) is 4.70. The van der Waals surface area contributed by atoms with Gasteiger partial charge in [-0.05, 0) is 56.5 Å². The molecule has 1 aromatic rings. The van der Waals surface area contributed by atoms with Crippen molar-refractivity contribution in [1.82, 2.24) is 5.32 Å². The average Bonchev–Trinajstić information content (AvgIpc) is 2.41. The van der Waals surface area contributed by atoms with Crippen molar-refractivity contribution in [2.45, 2.75) is 44.5 Å². The van der Waals surface area contributed by atoms with Crippen LogP contribution in [0.4, 0.5) is 13.2 Å². The second kappa shape index (κ2) is 6.14. The maximum absolute atomic E-state index is 12.7. The van der Waals surface area contributed by atoms with E-state index in [0.717, 1.165) is 37.5 Å². The fraction of sp³-hybridized carbons (Fsp3) is 0.600. The van der Waals surface area contributed by atoms with E-state index < -0.39 is 11.7 Å². The molecule has 2 atom stereocenters. The van der Waals surface area contributed by atoms with E-state index in [1.807, 2.05) is 7.05 Å². The van der Waals surface area contributed by atoms with Gasteiger partial charge in [-0.15, -0.1) is 0 Å². The summed E-state index contributed by atoms with van der Waals surface area (Å²) in [6, 6.07) is 3.87. The molecule has 1 heterocycles. The molecule has 0 spiro atoms. The van der Waals surface area contributed by atoms with E-state index in [1.54, 1.807) is 13.0 Å². The molecule has 0 aliphatic carbocycles. The molecule has 2 unspecified atom stereocenters. The summed E-state index contributed by atoms with van der Waals surface area (Å²) in [5.41, 5.74) is 0.930. The number of rotatable bonds is 3. The Morgan fingerprint density at radius 1 is 1.30 bits per heavy atom. The highest BCUT2D eigenvalue weighted by atomic mass is 19.4. The van der Waals surface area contributed by atoms with E-state index in [2.05, 4.69) is 5.32 Å². The lowest BCUT2D eigenvalue weighted by molar-refractivity contribution is -0.137. The summed E-state index contributed by atoms with van der Waals surface area (Å²) in [7, 11) is 1.82. The third-order valence-corrected chi connectivity index (χ3v) is 3.83. The molecular weight excluding hydrogens is 267 g/mol. The molecule has 1 fully saturated rings. The third-order valence-electron chi connectivity index (χ3n) is 3.83. The first-order valence-corrected chi connectivity index (χ1v) is 6.90. The summed E-state index contributed by atoms with van der Waals surface area (Å²) < 4.78 is 43.8. The van der Waals surface area contributed by atoms with E-state index in [9.17, 15) is 13.2 Å². The number of nitrogens with one attached hydrogen (secondary N) is 1. The molecule has 1 aliphatic heterocycles. The fourth-order valence-electron chi connectivity index (χ4n) is 2.77. The van der Waals surface area contributed by atoms with Gasteiger partial charge in [0, 0.05) is 6.61 Å². The van der Waals surface area contributed by atoms with Gasteiger partial charge in [0.05, 0.1) is 17.7 Å². The van der Waals surface area contributed by atoms with E-state index >= 15 is 0 Å². The summed E-state index contributed by atoms with van der Waals surface area (Å²) >= 11 is 0. The lowest BCUT2D eigenvalue weighted by Crippen LogP contribution is -2.34. The number of likely N-dealkylation sites (N-methyl/N-ethyl adjacent to an activating group) is 1. The van der Waals surface area contributed by atoms with E-state index in [-0.39, 0.29) is 12.1 Å². The molecule has 0 bridgehead atoms. The molecule has 0 radical (unpaired) electrons. The zero-order valence-electron chi connectivity index (χ0n) is 11.8. The van der Waals surface area contributed by atoms with Gasteiger partial charge in [0.1, 0.15) is 0 Å². The van der Waals surface area contributed by atoms with Crippen molar-refractivity contribution in [3.63, 3.8) is 0 Å². The molecule has 0 saturated carbocycles. The minimum Gasteiger partial charge on any atom is -0.376 e. The SMILES string of the molecule is CNC(c1ccc(C(F)(F)F)cc1C)C1CCCCO1. The van der Waals surface area contributed by atoms with Crippen LogP contribution in [0, 0.1) is 6.92 Å². The Hall–Kier alpha value is -1.07. The lowest BCUT2D eigenvalue weighted by Gasteiger charge is -2.31. The van der Waals surface area contributed by atoms with Crippen molar-refractivity contribution in [1.29, 1.82) is 0 Å². The molecule has 2 rings (SSSR count). The lowest BCUT2D eigenvalue weighted by atomic mass is 9.92. The molecule has 112 valence electrons. The van der Waals surface area contributed by atoms with Gasteiger partial charge in [-0.2, -0.15) is 13.2 Å². The third kappa shape index (κ3) is 3.33. The summed E-state index contributed by atoms with van der Waals surface area (Å²) in [5.74, 6) is 0. The van der Waals surface area contributed by atoms with Crippen molar-refractivity contribution >= 4 is 0 Å². The van der Waals surface area contributed by atoms with Crippen LogP contribution >= 0.6 is 0 Å². The topological polar surface area (TPSA) is 21.3 Å². The second-order valence-electron chi connectivity index (χ2n) is 5.24. The molecule has 1 aromatic carbocycles. The normalized spacial score (nSPS) is 21.8. The van der Waals surface area contributed by atoms with Crippen LogP contribution < -0.4 is 5.32 Å². The number of halogens is 3. The first-order valence-electron chi connectivity index (χ1n) is 6.90. The first kappa shape index (κ1) is 15.3. The highest BCUT2D eigenvalue weighted by Crippen LogP contribution is 2.33. The molecule has 5 heteroatoms. The van der Waals surface area contributed by atoms with Crippen LogP contribution in [0.25, 0.3) is 0 Å². The number of hydrogen-bond donors (Lipinski definition) is 1.